The molecule has 0 radical (unpaired) electrons. The number of nitrogens with one attached hydrogen (secondary N) is 2. The number of amides is 1. The number of benzene rings is 2. The van der Waals surface area contributed by atoms with Crippen molar-refractivity contribution in [2.45, 2.75) is 33.0 Å². The SMILES string of the molecule is C=C(NC(=O)c1cccc2ccn(Cc3ccc(C(F)(F)F)cc3)c12)[C@H](Cc1nn[nH]n1)C(C)C. The molecule has 0 unspecified atom stereocenters. The van der Waals surface area contributed by atoms with E-state index in [-0.39, 0.29) is 17.7 Å². The third kappa shape index (κ3) is 5.42. The maximum atomic E-state index is 13.3. The lowest BCUT2D eigenvalue weighted by molar-refractivity contribution is -0.137. The Hall–Kier alpha value is -3.95. The van der Waals surface area contributed by atoms with Gasteiger partial charge in [0.15, 0.2) is 5.82 Å². The second-order valence-corrected chi connectivity index (χ2v) is 8.74. The summed E-state index contributed by atoms with van der Waals surface area (Å²) in [7, 11) is 0. The number of alkyl halides is 3. The van der Waals surface area contributed by atoms with Crippen molar-refractivity contribution in [3.8, 4) is 0 Å². The van der Waals surface area contributed by atoms with Crippen molar-refractivity contribution in [1.29, 1.82) is 0 Å². The Kier molecular flexibility index (Phi) is 6.72. The van der Waals surface area contributed by atoms with E-state index in [1.807, 2.05) is 36.7 Å². The second-order valence-electron chi connectivity index (χ2n) is 8.74. The van der Waals surface area contributed by atoms with E-state index in [1.54, 1.807) is 12.1 Å². The van der Waals surface area contributed by atoms with Crippen LogP contribution in [0, 0.1) is 11.8 Å². The van der Waals surface area contributed by atoms with Crippen molar-refractivity contribution in [3.63, 3.8) is 0 Å². The van der Waals surface area contributed by atoms with Crippen LogP contribution in [0.2, 0.25) is 0 Å². The zero-order valence-corrected chi connectivity index (χ0v) is 19.3. The quantitative estimate of drug-likeness (QED) is 0.371. The highest BCUT2D eigenvalue weighted by Gasteiger charge is 2.30. The number of fused-ring (bicyclic) bond motifs is 1. The number of tetrazole rings is 1. The predicted molar refractivity (Wildman–Crippen MR) is 125 cm³/mol. The van der Waals surface area contributed by atoms with Gasteiger partial charge in [0.05, 0.1) is 16.6 Å². The van der Waals surface area contributed by atoms with Crippen molar-refractivity contribution in [2.24, 2.45) is 11.8 Å². The molecule has 0 saturated carbocycles. The molecule has 0 fully saturated rings. The Morgan fingerprint density at radius 3 is 2.51 bits per heavy atom. The third-order valence-corrected chi connectivity index (χ3v) is 5.99. The lowest BCUT2D eigenvalue weighted by atomic mass is 9.89. The number of aromatic amines is 1. The number of H-pyrrole nitrogens is 1. The van der Waals surface area contributed by atoms with Crippen LogP contribution in [-0.4, -0.2) is 31.1 Å². The molecule has 35 heavy (non-hydrogen) atoms. The van der Waals surface area contributed by atoms with Gasteiger partial charge in [-0.2, -0.15) is 18.4 Å². The van der Waals surface area contributed by atoms with Crippen LogP contribution in [0.4, 0.5) is 13.2 Å². The summed E-state index contributed by atoms with van der Waals surface area (Å²) < 4.78 is 40.5. The zero-order chi connectivity index (χ0) is 25.2. The summed E-state index contributed by atoms with van der Waals surface area (Å²) in [5.41, 5.74) is 1.68. The minimum atomic E-state index is -4.39. The molecule has 4 rings (SSSR count). The summed E-state index contributed by atoms with van der Waals surface area (Å²) in [6.07, 6.45) is -2.09. The van der Waals surface area contributed by atoms with E-state index in [1.165, 1.54) is 12.1 Å². The molecule has 0 aliphatic rings. The Bertz CT molecular complexity index is 1320. The highest BCUT2D eigenvalue weighted by molar-refractivity contribution is 6.06. The minimum absolute atomic E-state index is 0.102. The van der Waals surface area contributed by atoms with Gasteiger partial charge < -0.3 is 9.88 Å². The van der Waals surface area contributed by atoms with Gasteiger partial charge in [0.1, 0.15) is 0 Å². The molecule has 10 heteroatoms. The number of rotatable bonds is 8. The monoisotopic (exact) mass is 482 g/mol. The summed E-state index contributed by atoms with van der Waals surface area (Å²) in [5, 5.41) is 17.8. The molecule has 2 aromatic carbocycles. The summed E-state index contributed by atoms with van der Waals surface area (Å²) >= 11 is 0. The van der Waals surface area contributed by atoms with Crippen molar-refractivity contribution in [2.75, 3.05) is 0 Å². The molecule has 0 saturated heterocycles. The molecule has 2 heterocycles. The lowest BCUT2D eigenvalue weighted by Gasteiger charge is -2.23. The van der Waals surface area contributed by atoms with Crippen LogP contribution in [0.15, 0.2) is 67.0 Å². The molecular formula is C25H25F3N6O. The maximum absolute atomic E-state index is 13.3. The average Bonchev–Trinajstić information content (AvgIpc) is 3.47. The van der Waals surface area contributed by atoms with Crippen molar-refractivity contribution in [1.82, 2.24) is 30.5 Å². The first-order valence-electron chi connectivity index (χ1n) is 11.1. The first kappa shape index (κ1) is 24.2. The molecule has 2 aromatic heterocycles. The van der Waals surface area contributed by atoms with E-state index in [0.717, 1.165) is 17.5 Å². The van der Waals surface area contributed by atoms with Crippen LogP contribution in [-0.2, 0) is 19.1 Å². The average molecular weight is 483 g/mol. The van der Waals surface area contributed by atoms with Gasteiger partial charge in [-0.3, -0.25) is 4.79 Å². The largest absolute Gasteiger partial charge is 0.416 e. The van der Waals surface area contributed by atoms with Crippen LogP contribution < -0.4 is 5.32 Å². The molecule has 7 nitrogen and oxygen atoms in total. The van der Waals surface area contributed by atoms with E-state index in [9.17, 15) is 18.0 Å². The number of allylic oxidation sites excluding steroid dienone is 1. The van der Waals surface area contributed by atoms with Gasteiger partial charge in [-0.15, -0.1) is 10.2 Å². The minimum Gasteiger partial charge on any atom is -0.342 e. The van der Waals surface area contributed by atoms with Crippen LogP contribution in [0.1, 0.15) is 41.2 Å². The number of carbonyl (C=O) groups is 1. The first-order valence-corrected chi connectivity index (χ1v) is 11.1. The van der Waals surface area contributed by atoms with Gasteiger partial charge in [-0.25, -0.2) is 0 Å². The third-order valence-electron chi connectivity index (χ3n) is 5.99. The number of hydrogen-bond acceptors (Lipinski definition) is 4. The van der Waals surface area contributed by atoms with E-state index < -0.39 is 11.7 Å². The highest BCUT2D eigenvalue weighted by Crippen LogP contribution is 2.30. The number of hydrogen-bond donors (Lipinski definition) is 2. The Morgan fingerprint density at radius 1 is 1.14 bits per heavy atom. The second kappa shape index (κ2) is 9.73. The van der Waals surface area contributed by atoms with Gasteiger partial charge in [0.2, 0.25) is 0 Å². The Labute approximate surface area is 200 Å². The van der Waals surface area contributed by atoms with Crippen LogP contribution in [0.3, 0.4) is 0 Å². The fraction of sp³-hybridized carbons (Fsp3) is 0.280. The van der Waals surface area contributed by atoms with Crippen molar-refractivity contribution >= 4 is 16.8 Å². The summed E-state index contributed by atoms with van der Waals surface area (Å²) in [5.74, 6) is 0.286. The summed E-state index contributed by atoms with van der Waals surface area (Å²) in [6.45, 7) is 8.46. The molecule has 4 aromatic rings. The zero-order valence-electron chi connectivity index (χ0n) is 19.3. The molecule has 0 aliphatic heterocycles. The molecule has 0 bridgehead atoms. The molecule has 182 valence electrons. The fourth-order valence-corrected chi connectivity index (χ4v) is 4.10. The standard InChI is InChI=1S/C25H25F3N6O/c1-15(2)21(13-22-30-32-33-31-22)16(3)29-24(35)20-6-4-5-18-11-12-34(23(18)20)14-17-7-9-19(10-8-17)25(26,27)28/h4-12,15,21H,3,13-14H2,1-2H3,(H,29,35)(H,30,31,32,33)/t21-/m1/s1. The smallest absolute Gasteiger partial charge is 0.342 e. The summed E-state index contributed by atoms with van der Waals surface area (Å²) in [4.78, 5) is 13.3. The number of halogens is 3. The van der Waals surface area contributed by atoms with Crippen LogP contribution in [0.25, 0.3) is 10.9 Å². The number of carbonyl (C=O) groups excluding carboxylic acids is 1. The Morgan fingerprint density at radius 2 is 1.89 bits per heavy atom. The van der Waals surface area contributed by atoms with Crippen LogP contribution in [0.5, 0.6) is 0 Å². The Balaban J connectivity index is 1.57. The highest BCUT2D eigenvalue weighted by atomic mass is 19.4. The normalized spacial score (nSPS) is 12.7. The van der Waals surface area contributed by atoms with E-state index >= 15 is 0 Å². The molecule has 2 N–H and O–H groups in total. The number of nitrogens with zero attached hydrogens (tertiary/aromatic N) is 4. The molecule has 1 atom stereocenters. The van der Waals surface area contributed by atoms with Gasteiger partial charge >= 0.3 is 6.18 Å². The van der Waals surface area contributed by atoms with Crippen LogP contribution >= 0.6 is 0 Å². The number of para-hydroxylation sites is 1. The molecule has 1 amide bonds. The number of aromatic nitrogens is 5. The fourth-order valence-electron chi connectivity index (χ4n) is 4.10. The van der Waals surface area contributed by atoms with E-state index in [4.69, 9.17) is 0 Å². The topological polar surface area (TPSA) is 88.5 Å². The van der Waals surface area contributed by atoms with Gasteiger partial charge in [0.25, 0.3) is 5.91 Å². The van der Waals surface area contributed by atoms with Crippen molar-refractivity contribution < 1.29 is 18.0 Å². The predicted octanol–water partition coefficient (Wildman–Crippen LogP) is 4.98. The van der Waals surface area contributed by atoms with Crippen molar-refractivity contribution in [3.05, 3.63) is 89.5 Å². The molecule has 0 aliphatic carbocycles. The van der Waals surface area contributed by atoms with E-state index in [2.05, 4.69) is 32.5 Å². The van der Waals surface area contributed by atoms with Gasteiger partial charge in [0, 0.05) is 36.2 Å². The molecular weight excluding hydrogens is 457 g/mol. The first-order chi connectivity index (χ1) is 16.6. The van der Waals surface area contributed by atoms with Gasteiger partial charge in [-0.05, 0) is 35.7 Å². The van der Waals surface area contributed by atoms with Gasteiger partial charge in [-0.1, -0.05) is 49.9 Å². The maximum Gasteiger partial charge on any atom is 0.416 e. The summed E-state index contributed by atoms with van der Waals surface area (Å²) in [6, 6.07) is 12.3. The lowest BCUT2D eigenvalue weighted by Crippen LogP contribution is -2.30. The molecule has 0 spiro atoms. The van der Waals surface area contributed by atoms with E-state index in [0.29, 0.717) is 41.1 Å².